The van der Waals surface area contributed by atoms with Gasteiger partial charge in [-0.05, 0) is 38.5 Å². The summed E-state index contributed by atoms with van der Waals surface area (Å²) in [5.41, 5.74) is 2.76. The molecule has 3 rings (SSSR count). The van der Waals surface area contributed by atoms with Gasteiger partial charge in [0.05, 0.1) is 5.52 Å². The van der Waals surface area contributed by atoms with Gasteiger partial charge in [-0.15, -0.1) is 0 Å². The van der Waals surface area contributed by atoms with Crippen LogP contribution in [0.25, 0.3) is 10.9 Å². The minimum absolute atomic E-state index is 0.0422. The maximum atomic E-state index is 12.2. The summed E-state index contributed by atoms with van der Waals surface area (Å²) in [6.45, 7) is 6.42. The molecule has 0 aliphatic rings. The van der Waals surface area contributed by atoms with Crippen LogP contribution in [0.5, 0.6) is 0 Å². The molecule has 0 amide bonds. The zero-order valence-corrected chi connectivity index (χ0v) is 12.9. The number of anilines is 2. The lowest BCUT2D eigenvalue weighted by Crippen LogP contribution is -2.21. The first-order chi connectivity index (χ1) is 10.6. The lowest BCUT2D eigenvalue weighted by atomic mass is 10.2. The number of nitrogens with one attached hydrogen (secondary N) is 1. The molecule has 0 bridgehead atoms. The fourth-order valence-corrected chi connectivity index (χ4v) is 2.47. The Morgan fingerprint density at radius 3 is 2.55 bits per heavy atom. The molecule has 22 heavy (non-hydrogen) atoms. The van der Waals surface area contributed by atoms with Gasteiger partial charge in [0.2, 0.25) is 0 Å². The van der Waals surface area contributed by atoms with Gasteiger partial charge in [0.15, 0.2) is 0 Å². The van der Waals surface area contributed by atoms with E-state index in [0.717, 1.165) is 27.8 Å². The Hall–Kier alpha value is -2.69. The first-order valence-corrected chi connectivity index (χ1v) is 7.28. The van der Waals surface area contributed by atoms with Crippen molar-refractivity contribution >= 4 is 22.5 Å². The Morgan fingerprint density at radius 2 is 1.86 bits per heavy atom. The summed E-state index contributed by atoms with van der Waals surface area (Å²) in [6.07, 6.45) is 3.58. The highest BCUT2D eigenvalue weighted by atomic mass is 16.1. The van der Waals surface area contributed by atoms with Crippen molar-refractivity contribution in [2.75, 3.05) is 5.32 Å². The topological polar surface area (TPSA) is 59.8 Å². The molecule has 3 heterocycles. The molecule has 0 radical (unpaired) electrons. The molecule has 0 aromatic carbocycles. The van der Waals surface area contributed by atoms with Gasteiger partial charge in [-0.2, -0.15) is 0 Å². The van der Waals surface area contributed by atoms with Gasteiger partial charge in [0.1, 0.15) is 11.6 Å². The van der Waals surface area contributed by atoms with Gasteiger partial charge >= 0.3 is 0 Å². The highest BCUT2D eigenvalue weighted by molar-refractivity contribution is 5.81. The van der Waals surface area contributed by atoms with Crippen molar-refractivity contribution in [2.45, 2.75) is 27.3 Å². The number of nitrogens with zero attached hydrogens (tertiary/aromatic N) is 3. The zero-order valence-electron chi connectivity index (χ0n) is 12.9. The van der Waals surface area contributed by atoms with Crippen LogP contribution in [0.3, 0.4) is 0 Å². The van der Waals surface area contributed by atoms with Crippen molar-refractivity contribution in [3.63, 3.8) is 0 Å². The molecule has 0 fully saturated rings. The van der Waals surface area contributed by atoms with Crippen LogP contribution < -0.4 is 10.9 Å². The molecule has 0 atom stereocenters. The van der Waals surface area contributed by atoms with E-state index in [9.17, 15) is 4.79 Å². The standard InChI is InChI=1S/C17H18N4O/c1-4-21-14-8-16(20-15-6-5-11(2)9-18-15)19-10-13(14)7-12(3)17(21)22/h5-10H,4H2,1-3H3,(H,18,19,20). The Balaban J connectivity index is 2.07. The van der Waals surface area contributed by atoms with Gasteiger partial charge in [-0.25, -0.2) is 9.97 Å². The summed E-state index contributed by atoms with van der Waals surface area (Å²) >= 11 is 0. The highest BCUT2D eigenvalue weighted by Gasteiger charge is 2.07. The van der Waals surface area contributed by atoms with Crippen molar-refractivity contribution in [2.24, 2.45) is 0 Å². The van der Waals surface area contributed by atoms with E-state index in [-0.39, 0.29) is 5.56 Å². The Bertz CT molecular complexity index is 882. The van der Waals surface area contributed by atoms with Crippen LogP contribution in [0, 0.1) is 13.8 Å². The van der Waals surface area contributed by atoms with Gasteiger partial charge in [-0.1, -0.05) is 6.07 Å². The molecule has 0 saturated carbocycles. The van der Waals surface area contributed by atoms with Crippen molar-refractivity contribution in [3.8, 4) is 0 Å². The molecule has 0 saturated heterocycles. The molecular weight excluding hydrogens is 276 g/mol. The highest BCUT2D eigenvalue weighted by Crippen LogP contribution is 2.19. The molecule has 0 aliphatic heterocycles. The molecule has 1 N–H and O–H groups in total. The Kier molecular flexibility index (Phi) is 3.63. The molecule has 3 aromatic heterocycles. The quantitative estimate of drug-likeness (QED) is 0.806. The second kappa shape index (κ2) is 5.60. The summed E-state index contributed by atoms with van der Waals surface area (Å²) < 4.78 is 1.76. The first kappa shape index (κ1) is 14.3. The van der Waals surface area contributed by atoms with Gasteiger partial charge < -0.3 is 9.88 Å². The number of aromatic nitrogens is 3. The van der Waals surface area contributed by atoms with Gasteiger partial charge in [0, 0.05) is 36.0 Å². The number of hydrogen-bond acceptors (Lipinski definition) is 4. The maximum absolute atomic E-state index is 12.2. The summed E-state index contributed by atoms with van der Waals surface area (Å²) in [7, 11) is 0. The average Bonchev–Trinajstić information content (AvgIpc) is 2.51. The van der Waals surface area contributed by atoms with E-state index in [1.807, 2.05) is 45.0 Å². The van der Waals surface area contributed by atoms with E-state index < -0.39 is 0 Å². The van der Waals surface area contributed by atoms with Crippen LogP contribution in [0.15, 0.2) is 41.5 Å². The SMILES string of the molecule is CCn1c(=O)c(C)cc2cnc(Nc3ccc(C)cn3)cc21. The third-order valence-corrected chi connectivity index (χ3v) is 3.64. The molecule has 0 aliphatic carbocycles. The number of hydrogen-bond donors (Lipinski definition) is 1. The monoisotopic (exact) mass is 294 g/mol. The van der Waals surface area contributed by atoms with E-state index in [0.29, 0.717) is 12.4 Å². The summed E-state index contributed by atoms with van der Waals surface area (Å²) in [4.78, 5) is 20.9. The third kappa shape index (κ3) is 2.57. The zero-order chi connectivity index (χ0) is 15.7. The van der Waals surface area contributed by atoms with Gasteiger partial charge in [-0.3, -0.25) is 4.79 Å². The predicted molar refractivity (Wildman–Crippen MR) is 88.7 cm³/mol. The lowest BCUT2D eigenvalue weighted by Gasteiger charge is -2.11. The predicted octanol–water partition coefficient (Wildman–Crippen LogP) is 3.17. The lowest BCUT2D eigenvalue weighted by molar-refractivity contribution is 0.753. The maximum Gasteiger partial charge on any atom is 0.253 e. The van der Waals surface area contributed by atoms with E-state index in [4.69, 9.17) is 0 Å². The van der Waals surface area contributed by atoms with E-state index in [2.05, 4.69) is 15.3 Å². The fourth-order valence-electron chi connectivity index (χ4n) is 2.47. The Morgan fingerprint density at radius 1 is 1.09 bits per heavy atom. The van der Waals surface area contributed by atoms with Crippen LogP contribution >= 0.6 is 0 Å². The molecule has 0 spiro atoms. The van der Waals surface area contributed by atoms with E-state index in [1.165, 1.54) is 0 Å². The van der Waals surface area contributed by atoms with Crippen molar-refractivity contribution < 1.29 is 0 Å². The number of pyridine rings is 3. The molecule has 5 nitrogen and oxygen atoms in total. The first-order valence-electron chi connectivity index (χ1n) is 7.28. The number of aryl methyl sites for hydroxylation is 3. The number of rotatable bonds is 3. The van der Waals surface area contributed by atoms with Crippen LogP contribution in [0.2, 0.25) is 0 Å². The molecule has 3 aromatic rings. The van der Waals surface area contributed by atoms with E-state index in [1.54, 1.807) is 17.0 Å². The summed E-state index contributed by atoms with van der Waals surface area (Å²) in [5.74, 6) is 1.41. The second-order valence-corrected chi connectivity index (χ2v) is 5.35. The van der Waals surface area contributed by atoms with Crippen LogP contribution in [0.4, 0.5) is 11.6 Å². The molecular formula is C17H18N4O. The second-order valence-electron chi connectivity index (χ2n) is 5.35. The summed E-state index contributed by atoms with van der Waals surface area (Å²) in [6, 6.07) is 7.66. The van der Waals surface area contributed by atoms with Crippen LogP contribution in [0.1, 0.15) is 18.1 Å². The minimum atomic E-state index is 0.0422. The normalized spacial score (nSPS) is 10.9. The van der Waals surface area contributed by atoms with Crippen molar-refractivity contribution in [1.29, 1.82) is 0 Å². The molecule has 5 heteroatoms. The van der Waals surface area contributed by atoms with Crippen molar-refractivity contribution in [3.05, 3.63) is 58.1 Å². The molecule has 112 valence electrons. The third-order valence-electron chi connectivity index (χ3n) is 3.64. The Labute approximate surface area is 128 Å². The van der Waals surface area contributed by atoms with Crippen LogP contribution in [-0.4, -0.2) is 14.5 Å². The van der Waals surface area contributed by atoms with Gasteiger partial charge in [0.25, 0.3) is 5.56 Å². The van der Waals surface area contributed by atoms with Crippen LogP contribution in [-0.2, 0) is 6.54 Å². The largest absolute Gasteiger partial charge is 0.325 e. The average molecular weight is 294 g/mol. The fraction of sp³-hybridized carbons (Fsp3) is 0.235. The number of fused-ring (bicyclic) bond motifs is 1. The smallest absolute Gasteiger partial charge is 0.253 e. The van der Waals surface area contributed by atoms with E-state index >= 15 is 0 Å². The minimum Gasteiger partial charge on any atom is -0.325 e. The summed E-state index contributed by atoms with van der Waals surface area (Å²) in [5, 5.41) is 4.13. The van der Waals surface area contributed by atoms with Crippen molar-refractivity contribution in [1.82, 2.24) is 14.5 Å². The molecule has 0 unspecified atom stereocenters.